The molecular formula is C12H15BrF2N2. The van der Waals surface area contributed by atoms with Crippen molar-refractivity contribution >= 4 is 21.7 Å². The van der Waals surface area contributed by atoms with Crippen LogP contribution in [-0.4, -0.2) is 11.0 Å². The summed E-state index contributed by atoms with van der Waals surface area (Å²) in [6.45, 7) is 2.10. The van der Waals surface area contributed by atoms with Crippen molar-refractivity contribution in [1.82, 2.24) is 4.98 Å². The normalized spacial score (nSPS) is 17.2. The van der Waals surface area contributed by atoms with Gasteiger partial charge in [-0.05, 0) is 47.2 Å². The van der Waals surface area contributed by atoms with Gasteiger partial charge in [-0.15, -0.1) is 0 Å². The summed E-state index contributed by atoms with van der Waals surface area (Å²) in [7, 11) is 0. The van der Waals surface area contributed by atoms with Crippen molar-refractivity contribution < 1.29 is 8.78 Å². The summed E-state index contributed by atoms with van der Waals surface area (Å²) in [5.74, 6) is 1.22. The molecule has 0 radical (unpaired) electrons. The van der Waals surface area contributed by atoms with Crippen LogP contribution in [-0.2, 0) is 0 Å². The molecular weight excluding hydrogens is 290 g/mol. The van der Waals surface area contributed by atoms with Crippen LogP contribution in [0.3, 0.4) is 0 Å². The van der Waals surface area contributed by atoms with Gasteiger partial charge in [0.2, 0.25) is 0 Å². The van der Waals surface area contributed by atoms with Crippen LogP contribution in [0.2, 0.25) is 0 Å². The van der Waals surface area contributed by atoms with Crippen LogP contribution < -0.4 is 5.32 Å². The van der Waals surface area contributed by atoms with E-state index >= 15 is 0 Å². The van der Waals surface area contributed by atoms with Gasteiger partial charge in [0.1, 0.15) is 5.82 Å². The summed E-state index contributed by atoms with van der Waals surface area (Å²) in [5.41, 5.74) is -0.00634. The molecule has 1 N–H and O–H groups in total. The van der Waals surface area contributed by atoms with Crippen LogP contribution in [0.5, 0.6) is 0 Å². The van der Waals surface area contributed by atoms with Gasteiger partial charge in [-0.25, -0.2) is 13.8 Å². The van der Waals surface area contributed by atoms with Crippen molar-refractivity contribution in [2.45, 2.75) is 38.7 Å². The Labute approximate surface area is 108 Å². The highest BCUT2D eigenvalue weighted by molar-refractivity contribution is 9.10. The van der Waals surface area contributed by atoms with Crippen LogP contribution in [0, 0.1) is 5.92 Å². The van der Waals surface area contributed by atoms with Crippen molar-refractivity contribution in [1.29, 1.82) is 0 Å². The van der Waals surface area contributed by atoms with Crippen LogP contribution >= 0.6 is 15.9 Å². The Morgan fingerprint density at radius 3 is 2.76 bits per heavy atom. The van der Waals surface area contributed by atoms with Gasteiger partial charge in [-0.3, -0.25) is 0 Å². The minimum absolute atomic E-state index is 0.00634. The van der Waals surface area contributed by atoms with Crippen LogP contribution in [0.4, 0.5) is 14.6 Å². The predicted octanol–water partition coefficient (Wildman–Crippen LogP) is 4.38. The first-order valence-electron chi connectivity index (χ1n) is 5.82. The van der Waals surface area contributed by atoms with E-state index in [1.165, 1.54) is 25.1 Å². The van der Waals surface area contributed by atoms with Gasteiger partial charge in [0.25, 0.3) is 6.43 Å². The van der Waals surface area contributed by atoms with E-state index in [-0.39, 0.29) is 5.56 Å². The fourth-order valence-corrected chi connectivity index (χ4v) is 2.33. The van der Waals surface area contributed by atoms with E-state index in [0.717, 1.165) is 6.42 Å². The molecule has 0 aliphatic heterocycles. The molecule has 2 rings (SSSR count). The Morgan fingerprint density at radius 1 is 1.53 bits per heavy atom. The third-order valence-corrected chi connectivity index (χ3v) is 3.75. The molecule has 1 atom stereocenters. The van der Waals surface area contributed by atoms with E-state index in [9.17, 15) is 8.78 Å². The second kappa shape index (κ2) is 5.29. The molecule has 0 amide bonds. The van der Waals surface area contributed by atoms with Crippen LogP contribution in [0.25, 0.3) is 0 Å². The SMILES string of the molecule is CCC(Nc1cc(C(F)F)c(Br)cn1)C1CC1. The number of aromatic nitrogens is 1. The van der Waals surface area contributed by atoms with Gasteiger partial charge >= 0.3 is 0 Å². The molecule has 0 spiro atoms. The number of nitrogens with zero attached hydrogens (tertiary/aromatic N) is 1. The molecule has 1 fully saturated rings. The summed E-state index contributed by atoms with van der Waals surface area (Å²) in [4.78, 5) is 4.13. The number of alkyl halides is 2. The molecule has 1 aliphatic rings. The van der Waals surface area contributed by atoms with Crippen LogP contribution in [0.1, 0.15) is 38.2 Å². The van der Waals surface area contributed by atoms with Crippen molar-refractivity contribution in [3.8, 4) is 0 Å². The Bertz CT molecular complexity index is 394. The van der Waals surface area contributed by atoms with E-state index in [4.69, 9.17) is 0 Å². The molecule has 0 aromatic carbocycles. The van der Waals surface area contributed by atoms with E-state index in [1.54, 1.807) is 0 Å². The highest BCUT2D eigenvalue weighted by Crippen LogP contribution is 2.36. The smallest absolute Gasteiger partial charge is 0.265 e. The Kier molecular flexibility index (Phi) is 3.97. The predicted molar refractivity (Wildman–Crippen MR) is 67.3 cm³/mol. The van der Waals surface area contributed by atoms with E-state index in [2.05, 4.69) is 33.2 Å². The van der Waals surface area contributed by atoms with Crippen molar-refractivity contribution in [2.75, 3.05) is 5.32 Å². The lowest BCUT2D eigenvalue weighted by atomic mass is 10.1. The Balaban J connectivity index is 2.12. The second-order valence-electron chi connectivity index (χ2n) is 4.39. The molecule has 2 nitrogen and oxygen atoms in total. The van der Waals surface area contributed by atoms with Gasteiger partial charge in [0, 0.05) is 22.3 Å². The number of nitrogens with one attached hydrogen (secondary N) is 1. The lowest BCUT2D eigenvalue weighted by Crippen LogP contribution is -2.21. The molecule has 1 unspecified atom stereocenters. The zero-order chi connectivity index (χ0) is 12.4. The minimum Gasteiger partial charge on any atom is -0.367 e. The standard InChI is InChI=1S/C12H15BrF2N2/c1-2-10(7-3-4-7)17-11-5-8(12(14)15)9(13)6-16-11/h5-7,10,12H,2-4H2,1H3,(H,16,17). The van der Waals surface area contributed by atoms with E-state index < -0.39 is 6.43 Å². The summed E-state index contributed by atoms with van der Waals surface area (Å²) in [5, 5.41) is 3.25. The molecule has 1 saturated carbocycles. The number of hydrogen-bond acceptors (Lipinski definition) is 2. The summed E-state index contributed by atoms with van der Waals surface area (Å²) >= 11 is 3.09. The van der Waals surface area contributed by atoms with E-state index in [0.29, 0.717) is 22.3 Å². The molecule has 5 heteroatoms. The third-order valence-electron chi connectivity index (χ3n) is 3.08. The van der Waals surface area contributed by atoms with Gasteiger partial charge in [-0.2, -0.15) is 0 Å². The maximum absolute atomic E-state index is 12.7. The lowest BCUT2D eigenvalue weighted by molar-refractivity contribution is 0.150. The first-order chi connectivity index (χ1) is 8.11. The van der Waals surface area contributed by atoms with Crippen molar-refractivity contribution in [3.63, 3.8) is 0 Å². The highest BCUT2D eigenvalue weighted by atomic mass is 79.9. The summed E-state index contributed by atoms with van der Waals surface area (Å²) in [6.07, 6.45) is 2.40. The third kappa shape index (κ3) is 3.15. The first-order valence-corrected chi connectivity index (χ1v) is 6.61. The quantitative estimate of drug-likeness (QED) is 0.873. The van der Waals surface area contributed by atoms with Crippen molar-refractivity contribution in [3.05, 3.63) is 22.3 Å². The second-order valence-corrected chi connectivity index (χ2v) is 5.24. The fourth-order valence-electron chi connectivity index (χ4n) is 1.94. The fraction of sp³-hybridized carbons (Fsp3) is 0.583. The maximum Gasteiger partial charge on any atom is 0.265 e. The molecule has 1 aliphatic carbocycles. The number of rotatable bonds is 5. The molecule has 1 heterocycles. The van der Waals surface area contributed by atoms with Crippen molar-refractivity contribution in [2.24, 2.45) is 5.92 Å². The van der Waals surface area contributed by atoms with Gasteiger partial charge < -0.3 is 5.32 Å². The number of hydrogen-bond donors (Lipinski definition) is 1. The molecule has 0 saturated heterocycles. The zero-order valence-electron chi connectivity index (χ0n) is 9.59. The molecule has 94 valence electrons. The number of anilines is 1. The highest BCUT2D eigenvalue weighted by Gasteiger charge is 2.30. The Morgan fingerprint density at radius 2 is 2.24 bits per heavy atom. The zero-order valence-corrected chi connectivity index (χ0v) is 11.2. The molecule has 0 bridgehead atoms. The molecule has 1 aromatic heterocycles. The Hall–Kier alpha value is -0.710. The van der Waals surface area contributed by atoms with Gasteiger partial charge in [0.15, 0.2) is 0 Å². The largest absolute Gasteiger partial charge is 0.367 e. The average Bonchev–Trinajstić information content (AvgIpc) is 3.11. The minimum atomic E-state index is -2.48. The topological polar surface area (TPSA) is 24.9 Å². The summed E-state index contributed by atoms with van der Waals surface area (Å²) in [6, 6.07) is 1.79. The molecule has 1 aromatic rings. The number of halogens is 3. The molecule has 17 heavy (non-hydrogen) atoms. The van der Waals surface area contributed by atoms with Gasteiger partial charge in [-0.1, -0.05) is 6.92 Å². The lowest BCUT2D eigenvalue weighted by Gasteiger charge is -2.17. The van der Waals surface area contributed by atoms with E-state index in [1.807, 2.05) is 0 Å². The monoisotopic (exact) mass is 304 g/mol. The average molecular weight is 305 g/mol. The maximum atomic E-state index is 12.7. The first kappa shape index (κ1) is 12.7. The van der Waals surface area contributed by atoms with Crippen LogP contribution in [0.15, 0.2) is 16.7 Å². The number of pyridine rings is 1. The summed E-state index contributed by atoms with van der Waals surface area (Å²) < 4.78 is 25.8. The van der Waals surface area contributed by atoms with Gasteiger partial charge in [0.05, 0.1) is 0 Å².